The zero-order valence-electron chi connectivity index (χ0n) is 18.5. The molecule has 0 bridgehead atoms. The second-order valence-corrected chi connectivity index (χ2v) is 13.1. The normalized spacial score (nSPS) is 11.3. The topological polar surface area (TPSA) is 0 Å². The summed E-state index contributed by atoms with van der Waals surface area (Å²) >= 11 is 0. The third-order valence-electron chi connectivity index (χ3n) is 5.98. The quantitative estimate of drug-likeness (QED) is 0.337. The van der Waals surface area contributed by atoms with Gasteiger partial charge in [0.25, 0.3) is 0 Å². The van der Waals surface area contributed by atoms with Crippen LogP contribution in [0.15, 0.2) is 121 Å². The van der Waals surface area contributed by atoms with E-state index in [0.717, 1.165) is 0 Å². The Labute approximate surface area is 183 Å². The first-order chi connectivity index (χ1) is 14.4. The molecule has 1 heteroatoms. The second kappa shape index (κ2) is 9.73. The summed E-state index contributed by atoms with van der Waals surface area (Å²) in [6.07, 6.45) is 0. The van der Waals surface area contributed by atoms with E-state index in [-0.39, 0.29) is 5.41 Å². The van der Waals surface area contributed by atoms with Gasteiger partial charge in [0.15, 0.2) is 0 Å². The van der Waals surface area contributed by atoms with Crippen LogP contribution in [0.2, 0.25) is 13.1 Å². The van der Waals surface area contributed by atoms with Crippen molar-refractivity contribution in [1.29, 1.82) is 0 Å². The van der Waals surface area contributed by atoms with Crippen LogP contribution in [0.5, 0.6) is 0 Å². The smallest absolute Gasteiger partial charge is 0.0626 e. The van der Waals surface area contributed by atoms with Crippen molar-refractivity contribution in [3.8, 4) is 0 Å². The molecule has 0 aliphatic rings. The van der Waals surface area contributed by atoms with Gasteiger partial charge in [0, 0.05) is 5.41 Å². The van der Waals surface area contributed by atoms with Crippen molar-refractivity contribution in [2.24, 2.45) is 0 Å². The maximum Gasteiger partial charge on any atom is 0.112 e. The minimum absolute atomic E-state index is 0.0858. The van der Waals surface area contributed by atoms with Crippen molar-refractivity contribution in [3.05, 3.63) is 132 Å². The minimum atomic E-state index is -1.46. The molecular weight excluding hydrogens is 376 g/mol. The molecule has 0 aromatic heterocycles. The largest absolute Gasteiger partial charge is 0.112 e. The molecule has 0 fully saturated rings. The Bertz CT molecular complexity index is 835. The van der Waals surface area contributed by atoms with Gasteiger partial charge in [-0.25, -0.2) is 0 Å². The summed E-state index contributed by atoms with van der Waals surface area (Å²) in [5, 5.41) is 2.99. The molecule has 0 heterocycles. The van der Waals surface area contributed by atoms with Gasteiger partial charge in [0.2, 0.25) is 0 Å². The Morgan fingerprint density at radius 3 is 1.00 bits per heavy atom. The number of hydrogen-bond acceptors (Lipinski definition) is 0. The highest BCUT2D eigenvalue weighted by Crippen LogP contribution is 2.30. The Morgan fingerprint density at radius 1 is 0.433 bits per heavy atom. The van der Waals surface area contributed by atoms with Crippen LogP contribution in [0.1, 0.15) is 25.0 Å². The van der Waals surface area contributed by atoms with Crippen LogP contribution in [0.25, 0.3) is 0 Å². The zero-order valence-corrected chi connectivity index (χ0v) is 19.5. The van der Waals surface area contributed by atoms with Crippen LogP contribution in [0, 0.1) is 0 Å². The van der Waals surface area contributed by atoms with Crippen molar-refractivity contribution in [2.45, 2.75) is 32.4 Å². The van der Waals surface area contributed by atoms with Gasteiger partial charge >= 0.3 is 0 Å². The Kier molecular flexibility index (Phi) is 7.07. The lowest BCUT2D eigenvalue weighted by molar-refractivity contribution is 0.641. The van der Waals surface area contributed by atoms with Gasteiger partial charge in [-0.1, -0.05) is 159 Å². The molecular formula is C29H32Si. The standard InChI is InChI=1S/C15H16.C14H16Si/c2*1-15(2,13-9-5-3-6-10-13)14-11-7-4-8-12-14/h2*3-12H,1-2H3. The van der Waals surface area contributed by atoms with E-state index in [1.807, 2.05) is 0 Å². The summed E-state index contributed by atoms with van der Waals surface area (Å²) in [5.41, 5.74) is 2.80. The average Bonchev–Trinajstić information content (AvgIpc) is 2.82. The summed E-state index contributed by atoms with van der Waals surface area (Å²) in [4.78, 5) is 0. The van der Waals surface area contributed by atoms with E-state index in [0.29, 0.717) is 0 Å². The summed E-state index contributed by atoms with van der Waals surface area (Å²) in [6.45, 7) is 9.32. The molecule has 4 aromatic rings. The van der Waals surface area contributed by atoms with Gasteiger partial charge in [-0.05, 0) is 11.1 Å². The van der Waals surface area contributed by atoms with Gasteiger partial charge in [0.05, 0.1) is 0 Å². The first-order valence-corrected chi connectivity index (χ1v) is 13.6. The second-order valence-electron chi connectivity index (χ2n) is 8.71. The predicted molar refractivity (Wildman–Crippen MR) is 135 cm³/mol. The molecule has 0 N–H and O–H groups in total. The van der Waals surface area contributed by atoms with E-state index >= 15 is 0 Å². The van der Waals surface area contributed by atoms with E-state index in [1.165, 1.54) is 21.5 Å². The molecule has 0 amide bonds. The highest BCUT2D eigenvalue weighted by Gasteiger charge is 2.25. The van der Waals surface area contributed by atoms with E-state index in [9.17, 15) is 0 Å². The van der Waals surface area contributed by atoms with Crippen molar-refractivity contribution in [1.82, 2.24) is 0 Å². The maximum absolute atomic E-state index is 2.40. The van der Waals surface area contributed by atoms with Crippen molar-refractivity contribution < 1.29 is 0 Å². The van der Waals surface area contributed by atoms with Crippen LogP contribution >= 0.6 is 0 Å². The fraction of sp³-hybridized carbons (Fsp3) is 0.172. The van der Waals surface area contributed by atoms with Crippen molar-refractivity contribution in [3.63, 3.8) is 0 Å². The molecule has 4 aromatic carbocycles. The lowest BCUT2D eigenvalue weighted by Crippen LogP contribution is -2.52. The van der Waals surface area contributed by atoms with Gasteiger partial charge in [-0.2, -0.15) is 0 Å². The first kappa shape index (κ1) is 21.8. The molecule has 30 heavy (non-hydrogen) atoms. The lowest BCUT2D eigenvalue weighted by Gasteiger charge is -2.25. The third kappa shape index (κ3) is 5.17. The molecule has 0 radical (unpaired) electrons. The SMILES string of the molecule is CC(C)(c1ccccc1)c1ccccc1.C[Si](C)(c1ccccc1)c1ccccc1. The van der Waals surface area contributed by atoms with E-state index < -0.39 is 8.07 Å². The summed E-state index contributed by atoms with van der Waals surface area (Å²) < 4.78 is 0. The van der Waals surface area contributed by atoms with Gasteiger partial charge in [-0.15, -0.1) is 0 Å². The van der Waals surface area contributed by atoms with Crippen LogP contribution in [-0.2, 0) is 5.41 Å². The minimum Gasteiger partial charge on any atom is -0.0626 e. The Morgan fingerprint density at radius 2 is 0.700 bits per heavy atom. The van der Waals surface area contributed by atoms with Crippen LogP contribution in [-0.4, -0.2) is 8.07 Å². The average molecular weight is 409 g/mol. The molecule has 0 nitrogen and oxygen atoms in total. The lowest BCUT2D eigenvalue weighted by atomic mass is 9.78. The molecule has 0 saturated carbocycles. The van der Waals surface area contributed by atoms with Crippen molar-refractivity contribution >= 4 is 18.4 Å². The van der Waals surface area contributed by atoms with E-state index in [2.05, 4.69) is 148 Å². The molecule has 0 atom stereocenters. The molecule has 0 unspecified atom stereocenters. The third-order valence-corrected chi connectivity index (χ3v) is 9.54. The van der Waals surface area contributed by atoms with Crippen LogP contribution in [0.4, 0.5) is 0 Å². The number of benzene rings is 4. The number of rotatable bonds is 4. The van der Waals surface area contributed by atoms with Crippen molar-refractivity contribution in [2.75, 3.05) is 0 Å². The van der Waals surface area contributed by atoms with Gasteiger partial charge in [0.1, 0.15) is 8.07 Å². The van der Waals surface area contributed by atoms with Crippen LogP contribution in [0.3, 0.4) is 0 Å². The summed E-state index contributed by atoms with van der Waals surface area (Å²) in [7, 11) is -1.46. The fourth-order valence-electron chi connectivity index (χ4n) is 3.75. The molecule has 0 saturated heterocycles. The van der Waals surface area contributed by atoms with E-state index in [1.54, 1.807) is 0 Å². The molecule has 0 aliphatic carbocycles. The molecule has 152 valence electrons. The van der Waals surface area contributed by atoms with E-state index in [4.69, 9.17) is 0 Å². The predicted octanol–water partition coefficient (Wildman–Crippen LogP) is 6.52. The fourth-order valence-corrected chi connectivity index (χ4v) is 6.14. The maximum atomic E-state index is 2.40. The monoisotopic (exact) mass is 408 g/mol. The highest BCUT2D eigenvalue weighted by molar-refractivity contribution is 7.00. The zero-order chi connectivity index (χ0) is 21.5. The Hall–Kier alpha value is -2.90. The molecule has 4 rings (SSSR count). The van der Waals surface area contributed by atoms with Gasteiger partial charge < -0.3 is 0 Å². The first-order valence-electron chi connectivity index (χ1n) is 10.6. The Balaban J connectivity index is 0.000000171. The summed E-state index contributed by atoms with van der Waals surface area (Å²) in [6, 6.07) is 42.9. The molecule has 0 aliphatic heterocycles. The summed E-state index contributed by atoms with van der Waals surface area (Å²) in [5.74, 6) is 0. The number of hydrogen-bond donors (Lipinski definition) is 0. The van der Waals surface area contributed by atoms with Gasteiger partial charge in [-0.3, -0.25) is 0 Å². The van der Waals surface area contributed by atoms with Crippen LogP contribution < -0.4 is 10.4 Å². The molecule has 0 spiro atoms. The highest BCUT2D eigenvalue weighted by atomic mass is 28.3.